The van der Waals surface area contributed by atoms with E-state index in [-0.39, 0.29) is 0 Å². The van der Waals surface area contributed by atoms with Gasteiger partial charge in [0.05, 0.1) is 7.11 Å². The van der Waals surface area contributed by atoms with Crippen LogP contribution in [0.15, 0.2) is 4.60 Å². The Morgan fingerprint density at radius 3 is 2.64 bits per heavy atom. The highest BCUT2D eigenvalue weighted by Crippen LogP contribution is 2.25. The van der Waals surface area contributed by atoms with Crippen molar-refractivity contribution in [2.75, 3.05) is 7.11 Å². The van der Waals surface area contributed by atoms with E-state index < -0.39 is 0 Å². The minimum atomic E-state index is 0.710. The van der Waals surface area contributed by atoms with Crippen molar-refractivity contribution in [1.82, 2.24) is 9.78 Å². The van der Waals surface area contributed by atoms with Gasteiger partial charge in [-0.25, -0.2) is 0 Å². The summed E-state index contributed by atoms with van der Waals surface area (Å²) in [6.45, 7) is 2.07. The number of ether oxygens (including phenoxy) is 1. The molecule has 3 nitrogen and oxygen atoms in total. The highest BCUT2D eigenvalue weighted by atomic mass is 79.9. The quantitative estimate of drug-likeness (QED) is 0.757. The number of halogens is 1. The van der Waals surface area contributed by atoms with Crippen LogP contribution < -0.4 is 4.74 Å². The molecule has 0 spiro atoms. The lowest BCUT2D eigenvalue weighted by Crippen LogP contribution is -1.90. The molecule has 0 aromatic carbocycles. The number of nitrogens with zero attached hydrogens (tertiary/aromatic N) is 2. The summed E-state index contributed by atoms with van der Waals surface area (Å²) in [5.74, 6) is 0.710. The summed E-state index contributed by atoms with van der Waals surface area (Å²) >= 11 is 3.42. The Kier molecular flexibility index (Phi) is 2.54. The summed E-state index contributed by atoms with van der Waals surface area (Å²) < 4.78 is 7.83. The molecule has 0 aliphatic rings. The van der Waals surface area contributed by atoms with Gasteiger partial charge < -0.3 is 4.74 Å². The third-order valence-corrected chi connectivity index (χ3v) is 2.57. The van der Waals surface area contributed by atoms with Crippen LogP contribution in [0, 0.1) is 0 Å². The summed E-state index contributed by atoms with van der Waals surface area (Å²) in [6, 6.07) is 0. The molecule has 62 valence electrons. The topological polar surface area (TPSA) is 27.1 Å². The van der Waals surface area contributed by atoms with Gasteiger partial charge in [-0.1, -0.05) is 6.92 Å². The van der Waals surface area contributed by atoms with Crippen molar-refractivity contribution >= 4 is 15.9 Å². The molecule has 1 aromatic heterocycles. The smallest absolute Gasteiger partial charge is 0.236 e. The van der Waals surface area contributed by atoms with E-state index in [1.165, 1.54) is 0 Å². The number of hydrogen-bond acceptors (Lipinski definition) is 2. The monoisotopic (exact) mass is 218 g/mol. The van der Waals surface area contributed by atoms with Gasteiger partial charge in [0.2, 0.25) is 5.88 Å². The average Bonchev–Trinajstić information content (AvgIpc) is 2.28. The molecule has 0 aliphatic carbocycles. The van der Waals surface area contributed by atoms with E-state index in [0.717, 1.165) is 16.6 Å². The van der Waals surface area contributed by atoms with Crippen LogP contribution in [-0.4, -0.2) is 16.9 Å². The third-order valence-electron chi connectivity index (χ3n) is 1.58. The lowest BCUT2D eigenvalue weighted by molar-refractivity contribution is 0.388. The molecule has 0 fully saturated rings. The van der Waals surface area contributed by atoms with Gasteiger partial charge in [-0.15, -0.1) is 5.10 Å². The Labute approximate surface area is 74.5 Å². The molecule has 0 unspecified atom stereocenters. The molecule has 4 heteroatoms. The van der Waals surface area contributed by atoms with Gasteiger partial charge in [-0.3, -0.25) is 4.68 Å². The second kappa shape index (κ2) is 3.26. The molecular weight excluding hydrogens is 208 g/mol. The zero-order valence-corrected chi connectivity index (χ0v) is 8.47. The maximum Gasteiger partial charge on any atom is 0.236 e. The number of rotatable bonds is 2. The summed E-state index contributed by atoms with van der Waals surface area (Å²) in [5, 5.41) is 4.15. The van der Waals surface area contributed by atoms with Crippen LogP contribution in [0.5, 0.6) is 5.88 Å². The molecule has 0 aliphatic heterocycles. The van der Waals surface area contributed by atoms with Crippen LogP contribution in [0.2, 0.25) is 0 Å². The molecule has 0 saturated carbocycles. The van der Waals surface area contributed by atoms with Gasteiger partial charge in [-0.2, -0.15) is 0 Å². The van der Waals surface area contributed by atoms with E-state index in [9.17, 15) is 0 Å². The Morgan fingerprint density at radius 2 is 2.27 bits per heavy atom. The Bertz CT molecular complexity index is 257. The van der Waals surface area contributed by atoms with Gasteiger partial charge in [0, 0.05) is 12.6 Å². The fraction of sp³-hybridized carbons (Fsp3) is 0.571. The Hall–Kier alpha value is -0.510. The molecule has 11 heavy (non-hydrogen) atoms. The van der Waals surface area contributed by atoms with Crippen LogP contribution in [0.25, 0.3) is 0 Å². The summed E-state index contributed by atoms with van der Waals surface area (Å²) in [4.78, 5) is 0. The van der Waals surface area contributed by atoms with E-state index >= 15 is 0 Å². The highest BCUT2D eigenvalue weighted by Gasteiger charge is 2.11. The van der Waals surface area contributed by atoms with Gasteiger partial charge in [-0.05, 0) is 22.4 Å². The minimum absolute atomic E-state index is 0.710. The molecule has 1 rings (SSSR count). The molecule has 0 amide bonds. The number of hydrogen-bond donors (Lipinski definition) is 0. The standard InChI is InChI=1S/C7H11BrN2O/c1-4-5-6(8)10(2)9-7(5)11-3/h4H2,1-3H3. The van der Waals surface area contributed by atoms with Crippen LogP contribution in [-0.2, 0) is 13.5 Å². The van der Waals surface area contributed by atoms with E-state index in [4.69, 9.17) is 4.74 Å². The van der Waals surface area contributed by atoms with Gasteiger partial charge in [0.1, 0.15) is 4.60 Å². The molecule has 0 bridgehead atoms. The largest absolute Gasteiger partial charge is 0.480 e. The zero-order valence-electron chi connectivity index (χ0n) is 6.89. The fourth-order valence-electron chi connectivity index (χ4n) is 0.985. The lowest BCUT2D eigenvalue weighted by Gasteiger charge is -1.95. The van der Waals surface area contributed by atoms with Crippen molar-refractivity contribution < 1.29 is 4.74 Å². The summed E-state index contributed by atoms with van der Waals surface area (Å²) in [7, 11) is 3.51. The van der Waals surface area contributed by atoms with Crippen LogP contribution in [0.4, 0.5) is 0 Å². The average molecular weight is 219 g/mol. The van der Waals surface area contributed by atoms with Crippen molar-refractivity contribution in [2.45, 2.75) is 13.3 Å². The summed E-state index contributed by atoms with van der Waals surface area (Å²) in [5.41, 5.74) is 1.12. The predicted octanol–water partition coefficient (Wildman–Crippen LogP) is 1.75. The summed E-state index contributed by atoms with van der Waals surface area (Å²) in [6.07, 6.45) is 0.928. The minimum Gasteiger partial charge on any atom is -0.480 e. The lowest BCUT2D eigenvalue weighted by atomic mass is 10.3. The first-order valence-corrected chi connectivity index (χ1v) is 4.25. The van der Waals surface area contributed by atoms with Crippen molar-refractivity contribution in [2.24, 2.45) is 7.05 Å². The SMILES string of the molecule is CCc1c(OC)nn(C)c1Br. The van der Waals surface area contributed by atoms with Crippen LogP contribution in [0.3, 0.4) is 0 Å². The van der Waals surface area contributed by atoms with Crippen molar-refractivity contribution in [3.63, 3.8) is 0 Å². The normalized spacial score (nSPS) is 10.2. The van der Waals surface area contributed by atoms with Crippen LogP contribution in [0.1, 0.15) is 12.5 Å². The molecular formula is C7H11BrN2O. The van der Waals surface area contributed by atoms with E-state index in [0.29, 0.717) is 5.88 Å². The first-order chi connectivity index (χ1) is 5.20. The zero-order chi connectivity index (χ0) is 8.43. The van der Waals surface area contributed by atoms with Crippen molar-refractivity contribution in [3.8, 4) is 5.88 Å². The number of aryl methyl sites for hydroxylation is 1. The van der Waals surface area contributed by atoms with E-state index in [1.807, 2.05) is 7.05 Å². The molecule has 0 atom stereocenters. The van der Waals surface area contributed by atoms with E-state index in [2.05, 4.69) is 28.0 Å². The first kappa shape index (κ1) is 8.59. The Morgan fingerprint density at radius 1 is 1.64 bits per heavy atom. The Balaban J connectivity index is 3.15. The van der Waals surface area contributed by atoms with Gasteiger partial charge in [0.25, 0.3) is 0 Å². The van der Waals surface area contributed by atoms with Gasteiger partial charge >= 0.3 is 0 Å². The van der Waals surface area contributed by atoms with Crippen LogP contribution >= 0.6 is 15.9 Å². The maximum atomic E-state index is 5.08. The third kappa shape index (κ3) is 1.40. The fourth-order valence-corrected chi connectivity index (χ4v) is 1.51. The molecule has 1 aromatic rings. The van der Waals surface area contributed by atoms with Crippen molar-refractivity contribution in [3.05, 3.63) is 10.2 Å². The first-order valence-electron chi connectivity index (χ1n) is 3.46. The molecule has 0 saturated heterocycles. The second-order valence-corrected chi connectivity index (χ2v) is 3.01. The molecule has 0 radical (unpaired) electrons. The van der Waals surface area contributed by atoms with E-state index in [1.54, 1.807) is 11.8 Å². The molecule has 0 N–H and O–H groups in total. The van der Waals surface area contributed by atoms with Gasteiger partial charge in [0.15, 0.2) is 0 Å². The number of aromatic nitrogens is 2. The predicted molar refractivity (Wildman–Crippen MR) is 46.8 cm³/mol. The number of methoxy groups -OCH3 is 1. The highest BCUT2D eigenvalue weighted by molar-refractivity contribution is 9.10. The maximum absolute atomic E-state index is 5.08. The second-order valence-electron chi connectivity index (χ2n) is 2.26. The van der Waals surface area contributed by atoms with Crippen molar-refractivity contribution in [1.29, 1.82) is 0 Å². The molecule has 1 heterocycles.